The van der Waals surface area contributed by atoms with Crippen molar-refractivity contribution in [2.45, 2.75) is 30.9 Å². The molecule has 1 atom stereocenters. The molecule has 1 fully saturated rings. The second kappa shape index (κ2) is 3.33. The monoisotopic (exact) mass is 181 g/mol. The van der Waals surface area contributed by atoms with Gasteiger partial charge in [-0.2, -0.15) is 0 Å². The fraction of sp³-hybridized carbons (Fsp3) is 1.00. The first-order valence-corrected chi connectivity index (χ1v) is 4.87. The Morgan fingerprint density at radius 1 is 1.31 bits per heavy atom. The average Bonchev–Trinajstić information content (AvgIpc) is 1.79. The van der Waals surface area contributed by atoms with Crippen molar-refractivity contribution in [1.29, 1.82) is 0 Å². The van der Waals surface area contributed by atoms with Crippen molar-refractivity contribution in [3.05, 3.63) is 0 Å². The first-order chi connectivity index (χ1) is 5.77. The normalized spacial score (nSPS) is 35.1. The van der Waals surface area contributed by atoms with Gasteiger partial charge in [0, 0.05) is 6.04 Å². The molecule has 1 N–H and O–H groups in total. The molecule has 6 heteroatoms. The van der Waals surface area contributed by atoms with Gasteiger partial charge in [0.05, 0.1) is 13.2 Å². The number of hydrogen-bond donors (Lipinski definition) is 1. The van der Waals surface area contributed by atoms with Crippen LogP contribution in [0.15, 0.2) is 0 Å². The van der Waals surface area contributed by atoms with E-state index in [4.69, 9.17) is 4.74 Å². The van der Waals surface area contributed by atoms with Gasteiger partial charge in [0.25, 0.3) is 0 Å². The first kappa shape index (κ1) is 11.2. The summed E-state index contributed by atoms with van der Waals surface area (Å²) in [7, 11) is 6.01. The number of nitrogens with zero attached hydrogens (tertiary/aromatic N) is 1. The standard InChI is InChI=1S/C7H18B3NO2/c1-5(2)11-6(8,9)3-13-4-7(11,10)12/h5,12H,3-4,8-10H2,1-2H3. The Kier molecular flexibility index (Phi) is 2.86. The van der Waals surface area contributed by atoms with E-state index in [0.29, 0.717) is 19.3 Å². The molecule has 0 radical (unpaired) electrons. The molecule has 1 aliphatic heterocycles. The van der Waals surface area contributed by atoms with E-state index < -0.39 is 5.62 Å². The summed E-state index contributed by atoms with van der Waals surface area (Å²) in [6.07, 6.45) is 0. The molecule has 1 saturated heterocycles. The van der Waals surface area contributed by atoms with E-state index in [9.17, 15) is 5.11 Å². The van der Waals surface area contributed by atoms with Gasteiger partial charge in [0.15, 0.2) is 7.85 Å². The van der Waals surface area contributed by atoms with Gasteiger partial charge in [-0.1, -0.05) is 0 Å². The molecule has 0 aromatic rings. The lowest BCUT2D eigenvalue weighted by atomic mass is 9.58. The maximum Gasteiger partial charge on any atom is 0.165 e. The predicted molar refractivity (Wildman–Crippen MR) is 61.1 cm³/mol. The van der Waals surface area contributed by atoms with Crippen molar-refractivity contribution in [3.63, 3.8) is 0 Å². The van der Waals surface area contributed by atoms with Crippen LogP contribution in [0.1, 0.15) is 13.8 Å². The highest BCUT2D eigenvalue weighted by molar-refractivity contribution is 6.40. The SMILES string of the molecule is BC1(B)COCC(B)(O)N1C(C)C. The van der Waals surface area contributed by atoms with Gasteiger partial charge >= 0.3 is 0 Å². The smallest absolute Gasteiger partial charge is 0.165 e. The zero-order valence-electron chi connectivity index (χ0n) is 9.29. The highest BCUT2D eigenvalue weighted by atomic mass is 16.5. The van der Waals surface area contributed by atoms with E-state index >= 15 is 0 Å². The van der Waals surface area contributed by atoms with E-state index in [1.54, 1.807) is 0 Å². The third-order valence-corrected chi connectivity index (χ3v) is 2.52. The topological polar surface area (TPSA) is 32.7 Å². The number of rotatable bonds is 1. The van der Waals surface area contributed by atoms with Crippen molar-refractivity contribution >= 4 is 23.5 Å². The third kappa shape index (κ3) is 2.11. The minimum absolute atomic E-state index is 0.0874. The molecule has 1 unspecified atom stereocenters. The van der Waals surface area contributed by atoms with Crippen molar-refractivity contribution in [1.82, 2.24) is 4.90 Å². The van der Waals surface area contributed by atoms with Crippen LogP contribution < -0.4 is 0 Å². The van der Waals surface area contributed by atoms with Crippen LogP contribution in [0.2, 0.25) is 0 Å². The molecule has 1 rings (SSSR count). The van der Waals surface area contributed by atoms with Crippen molar-refractivity contribution in [2.24, 2.45) is 0 Å². The fourth-order valence-electron chi connectivity index (χ4n) is 2.54. The maximum atomic E-state index is 10.1. The number of aliphatic hydroxyl groups is 1. The molecule has 0 amide bonds. The summed E-state index contributed by atoms with van der Waals surface area (Å²) in [6.45, 7) is 5.28. The summed E-state index contributed by atoms with van der Waals surface area (Å²) in [5, 5.41) is 10.1. The van der Waals surface area contributed by atoms with E-state index in [0.717, 1.165) is 0 Å². The number of hydrogen-bond acceptors (Lipinski definition) is 3. The summed E-state index contributed by atoms with van der Waals surface area (Å²) >= 11 is 0. The zero-order chi connectivity index (χ0) is 10.3. The molecule has 1 aliphatic rings. The van der Waals surface area contributed by atoms with Gasteiger partial charge in [-0.25, -0.2) is 0 Å². The van der Waals surface area contributed by atoms with E-state index in [2.05, 4.69) is 34.4 Å². The molecule has 1 heterocycles. The summed E-state index contributed by atoms with van der Waals surface area (Å²) in [4.78, 5) is 2.11. The van der Waals surface area contributed by atoms with Crippen LogP contribution in [0.4, 0.5) is 0 Å². The van der Waals surface area contributed by atoms with Gasteiger partial charge < -0.3 is 9.84 Å². The molecule has 0 aromatic carbocycles. The maximum absolute atomic E-state index is 10.1. The highest BCUT2D eigenvalue weighted by Crippen LogP contribution is 2.25. The first-order valence-electron chi connectivity index (χ1n) is 4.87. The molecule has 0 bridgehead atoms. The van der Waals surface area contributed by atoms with Crippen molar-refractivity contribution in [2.75, 3.05) is 13.2 Å². The third-order valence-electron chi connectivity index (χ3n) is 2.52. The molecule has 0 spiro atoms. The Hall–Kier alpha value is 0.0748. The van der Waals surface area contributed by atoms with E-state index in [1.807, 2.05) is 7.85 Å². The van der Waals surface area contributed by atoms with Gasteiger partial charge in [0.2, 0.25) is 0 Å². The molecule has 3 nitrogen and oxygen atoms in total. The summed E-state index contributed by atoms with van der Waals surface area (Å²) in [5.74, 6) is 0. The second-order valence-electron chi connectivity index (χ2n) is 4.99. The Morgan fingerprint density at radius 3 is 2.15 bits per heavy atom. The van der Waals surface area contributed by atoms with E-state index in [-0.39, 0.29) is 5.34 Å². The zero-order valence-corrected chi connectivity index (χ0v) is 9.29. The largest absolute Gasteiger partial charge is 0.382 e. The lowest BCUT2D eigenvalue weighted by Gasteiger charge is -2.54. The van der Waals surface area contributed by atoms with Crippen LogP contribution in [0.25, 0.3) is 0 Å². The molecule has 0 saturated carbocycles. The fourth-order valence-corrected chi connectivity index (χ4v) is 2.54. The predicted octanol–water partition coefficient (Wildman–Crippen LogP) is -3.07. The van der Waals surface area contributed by atoms with Crippen LogP contribution in [0.3, 0.4) is 0 Å². The Bertz CT molecular complexity index is 180. The highest BCUT2D eigenvalue weighted by Gasteiger charge is 2.44. The van der Waals surface area contributed by atoms with Crippen molar-refractivity contribution < 1.29 is 9.84 Å². The van der Waals surface area contributed by atoms with Gasteiger partial charge in [-0.3, -0.25) is 4.90 Å². The second-order valence-corrected chi connectivity index (χ2v) is 4.99. The van der Waals surface area contributed by atoms with Crippen LogP contribution in [0, 0.1) is 0 Å². The summed E-state index contributed by atoms with van der Waals surface area (Å²) in [5.41, 5.74) is -0.837. The molecule has 0 aliphatic carbocycles. The lowest BCUT2D eigenvalue weighted by molar-refractivity contribution is -0.169. The van der Waals surface area contributed by atoms with Crippen LogP contribution in [-0.2, 0) is 4.74 Å². The van der Waals surface area contributed by atoms with Crippen LogP contribution in [-0.4, -0.2) is 63.8 Å². The lowest BCUT2D eigenvalue weighted by Crippen LogP contribution is -2.71. The van der Waals surface area contributed by atoms with Gasteiger partial charge in [-0.15, -0.1) is 0 Å². The molecule has 72 valence electrons. The minimum Gasteiger partial charge on any atom is -0.382 e. The molecule has 0 aromatic heterocycles. The average molecular weight is 181 g/mol. The minimum atomic E-state index is -0.837. The number of ether oxygens (including phenoxy) is 1. The van der Waals surface area contributed by atoms with Gasteiger partial charge in [-0.05, 0) is 19.2 Å². The van der Waals surface area contributed by atoms with Crippen molar-refractivity contribution in [3.8, 4) is 0 Å². The Morgan fingerprint density at radius 2 is 1.85 bits per heavy atom. The Balaban J connectivity index is 2.91. The summed E-state index contributed by atoms with van der Waals surface area (Å²) < 4.78 is 5.39. The van der Waals surface area contributed by atoms with Gasteiger partial charge in [0.1, 0.15) is 21.3 Å². The van der Waals surface area contributed by atoms with E-state index in [1.165, 1.54) is 0 Å². The molecular formula is C7H18B3NO2. The Labute approximate surface area is 83.0 Å². The summed E-state index contributed by atoms with van der Waals surface area (Å²) in [6, 6.07) is 0.328. The van der Waals surface area contributed by atoms with Crippen LogP contribution in [0.5, 0.6) is 0 Å². The molecule has 13 heavy (non-hydrogen) atoms. The van der Waals surface area contributed by atoms with Crippen LogP contribution >= 0.6 is 0 Å². The molecular weight excluding hydrogens is 163 g/mol. The quantitative estimate of drug-likeness (QED) is 0.435. The number of morpholine rings is 1.